The molecule has 7 heavy (non-hydrogen) atoms. The molecule has 0 atom stereocenters. The van der Waals surface area contributed by atoms with Gasteiger partial charge in [-0.25, -0.2) is 0 Å². The van der Waals surface area contributed by atoms with Gasteiger partial charge in [0.25, 0.3) is 0 Å². The molecule has 0 unspecified atom stereocenters. The number of thioether (sulfide) groups is 1. The Labute approximate surface area is 48.6 Å². The van der Waals surface area contributed by atoms with Crippen LogP contribution in [0.4, 0.5) is 0 Å². The van der Waals surface area contributed by atoms with Crippen LogP contribution in [-0.2, 0) is 4.74 Å². The van der Waals surface area contributed by atoms with E-state index in [2.05, 4.69) is 5.32 Å². The van der Waals surface area contributed by atoms with Gasteiger partial charge in [-0.15, -0.1) is 0 Å². The van der Waals surface area contributed by atoms with Crippen LogP contribution < -0.4 is 0 Å². The Bertz CT molecular complexity index is 30.9. The highest BCUT2D eigenvalue weighted by Gasteiger charge is 1.71. The summed E-state index contributed by atoms with van der Waals surface area (Å²) < 4.78 is 4.75. The third-order valence-corrected chi connectivity index (χ3v) is 1.26. The molecule has 0 rings (SSSR count). The van der Waals surface area contributed by atoms with E-state index in [1.165, 1.54) is 0 Å². The van der Waals surface area contributed by atoms with Gasteiger partial charge in [-0.2, -0.15) is 18.8 Å². The molecular weight excluding hydrogens is 110 g/mol. The third kappa shape index (κ3) is 6.27. The van der Waals surface area contributed by atoms with E-state index in [-0.39, 0.29) is 0 Å². The molecule has 0 saturated heterocycles. The first-order chi connectivity index (χ1) is 3.41. The van der Waals surface area contributed by atoms with Crippen molar-refractivity contribution in [1.82, 2.24) is 0 Å². The maximum absolute atomic E-state index is 4.75. The van der Waals surface area contributed by atoms with Crippen molar-refractivity contribution < 1.29 is 4.74 Å². The molecule has 0 bridgehead atoms. The lowest BCUT2D eigenvalue weighted by molar-refractivity contribution is 0.259. The Morgan fingerprint density at radius 2 is 2.43 bits per heavy atom. The van der Waals surface area contributed by atoms with Crippen LogP contribution in [0, 0.1) is 0 Å². The Kier molecular flexibility index (Phi) is 6.51. The lowest BCUT2D eigenvalue weighted by Gasteiger charge is -2.07. The van der Waals surface area contributed by atoms with Crippen LogP contribution in [0.3, 0.4) is 0 Å². The number of hydrogen-bond donors (Lipinski definition) is 0. The molecule has 0 aliphatic carbocycles. The molecule has 0 radical (unpaired) electrons. The summed E-state index contributed by atoms with van der Waals surface area (Å²) in [5.74, 6) is 1.59. The first-order valence-electron chi connectivity index (χ1n) is 2.04. The zero-order valence-corrected chi connectivity index (χ0v) is 5.49. The van der Waals surface area contributed by atoms with Gasteiger partial charge in [0.05, 0.1) is 5.94 Å². The minimum atomic E-state index is 0.747. The topological polar surface area (TPSA) is 23.3 Å². The fourth-order valence-electron chi connectivity index (χ4n) is 0.212. The molecule has 0 saturated carbocycles. The second-order valence-electron chi connectivity index (χ2n) is 1.06. The van der Waals surface area contributed by atoms with Crippen LogP contribution in [0.5, 0.6) is 0 Å². The van der Waals surface area contributed by atoms with E-state index in [1.54, 1.807) is 25.9 Å². The summed E-state index contributed by atoms with van der Waals surface area (Å²) in [6.45, 7) is 0. The van der Waals surface area contributed by atoms with Crippen LogP contribution >= 0.6 is 11.8 Å². The zero-order valence-electron chi connectivity index (χ0n) is 4.68. The summed E-state index contributed by atoms with van der Waals surface area (Å²) in [6.07, 6.45) is 0. The lowest BCUT2D eigenvalue weighted by atomic mass is 11.3. The molecule has 0 spiro atoms. The van der Waals surface area contributed by atoms with Crippen molar-refractivity contribution in [1.29, 1.82) is 0 Å². The highest BCUT2D eigenvalue weighted by atomic mass is 32.2. The predicted molar refractivity (Wildman–Crippen MR) is 33.6 cm³/mol. The predicted octanol–water partition coefficient (Wildman–Crippen LogP) is 1.28. The molecule has 0 fully saturated rings. The summed E-state index contributed by atoms with van der Waals surface area (Å²) in [5, 5.41) is 3.86. The number of rotatable bonds is 4. The molecule has 0 aliphatic rings. The quantitative estimate of drug-likeness (QED) is 0.412. The summed E-state index contributed by atoms with van der Waals surface area (Å²) >= 11 is 1.66. The fourth-order valence-corrected chi connectivity index (χ4v) is 0.636. The maximum Gasteiger partial charge on any atom is 0.0900 e. The Balaban J connectivity index is 2.45. The van der Waals surface area contributed by atoms with E-state index >= 15 is 0 Å². The average molecular weight is 120 g/mol. The normalized spacial score (nSPS) is 9.43. The van der Waals surface area contributed by atoms with Crippen molar-refractivity contribution in [3.05, 3.63) is 5.32 Å². The molecule has 0 aliphatic heterocycles. The van der Waals surface area contributed by atoms with Crippen molar-refractivity contribution in [2.75, 3.05) is 26.0 Å². The van der Waals surface area contributed by atoms with E-state index in [1.807, 2.05) is 0 Å². The second kappa shape index (κ2) is 6.27. The van der Waals surface area contributed by atoms with Gasteiger partial charge in [0, 0.05) is 7.11 Å². The number of ether oxygens (including phenoxy) is 1. The summed E-state index contributed by atoms with van der Waals surface area (Å²) in [7, 11) is 3.48. The van der Waals surface area contributed by atoms with E-state index < -0.39 is 0 Å². The van der Waals surface area contributed by atoms with Crippen molar-refractivity contribution in [2.45, 2.75) is 0 Å². The first kappa shape index (κ1) is 7.27. The average Bonchev–Trinajstić information content (AvgIpc) is 1.69. The highest BCUT2D eigenvalue weighted by Crippen LogP contribution is 2.00. The lowest BCUT2D eigenvalue weighted by Crippen LogP contribution is -1.81. The maximum atomic E-state index is 4.75. The van der Waals surface area contributed by atoms with Crippen molar-refractivity contribution in [2.24, 2.45) is 0 Å². The van der Waals surface area contributed by atoms with Crippen LogP contribution in [0.15, 0.2) is 0 Å². The molecule has 0 amide bonds. The second-order valence-corrected chi connectivity index (χ2v) is 1.96. The number of methoxy groups -OCH3 is 1. The zero-order chi connectivity index (χ0) is 5.54. The van der Waals surface area contributed by atoms with Crippen LogP contribution in [0.1, 0.15) is 0 Å². The van der Waals surface area contributed by atoms with Crippen LogP contribution in [-0.4, -0.2) is 26.0 Å². The van der Waals surface area contributed by atoms with Crippen molar-refractivity contribution >= 4 is 11.8 Å². The Morgan fingerprint density at radius 1 is 1.71 bits per heavy atom. The monoisotopic (exact) mass is 120 g/mol. The molecule has 3 heteroatoms. The SMILES string of the molecule is C[N-]CSCOC. The highest BCUT2D eigenvalue weighted by molar-refractivity contribution is 7.99. The largest absolute Gasteiger partial charge is 0.656 e. The molecule has 0 aromatic heterocycles. The van der Waals surface area contributed by atoms with Crippen molar-refractivity contribution in [3.63, 3.8) is 0 Å². The fraction of sp³-hybridized carbons (Fsp3) is 1.00. The molecule has 0 aromatic rings. The number of nitrogens with zero attached hydrogens (tertiary/aromatic N) is 1. The summed E-state index contributed by atoms with van der Waals surface area (Å²) in [5.41, 5.74) is 0. The van der Waals surface area contributed by atoms with E-state index in [4.69, 9.17) is 4.74 Å². The van der Waals surface area contributed by atoms with Gasteiger partial charge in [0.2, 0.25) is 0 Å². The molecular formula is C4H10NOS-. The van der Waals surface area contributed by atoms with Crippen LogP contribution in [0.2, 0.25) is 0 Å². The third-order valence-electron chi connectivity index (χ3n) is 0.422. The molecule has 0 heterocycles. The molecule has 0 N–H and O–H groups in total. The summed E-state index contributed by atoms with van der Waals surface area (Å²) in [4.78, 5) is 0. The van der Waals surface area contributed by atoms with Gasteiger partial charge in [-0.3, -0.25) is 0 Å². The molecule has 0 aromatic carbocycles. The smallest absolute Gasteiger partial charge is 0.0900 e. The van der Waals surface area contributed by atoms with E-state index in [0.717, 1.165) is 11.8 Å². The number of hydrogen-bond acceptors (Lipinski definition) is 2. The molecule has 44 valence electrons. The van der Waals surface area contributed by atoms with Gasteiger partial charge in [-0.05, 0) is 0 Å². The summed E-state index contributed by atoms with van der Waals surface area (Å²) in [6, 6.07) is 0. The van der Waals surface area contributed by atoms with Crippen LogP contribution in [0.25, 0.3) is 5.32 Å². The van der Waals surface area contributed by atoms with Crippen molar-refractivity contribution in [3.8, 4) is 0 Å². The van der Waals surface area contributed by atoms with Gasteiger partial charge in [0.15, 0.2) is 0 Å². The Morgan fingerprint density at radius 3 is 2.86 bits per heavy atom. The van der Waals surface area contributed by atoms with Gasteiger partial charge >= 0.3 is 0 Å². The standard InChI is InChI=1S/C4H10NOS/c1-5-3-7-4-6-2/h3-4H2,1-2H3/q-1. The Hall–Kier alpha value is 0.270. The minimum Gasteiger partial charge on any atom is -0.656 e. The van der Waals surface area contributed by atoms with Gasteiger partial charge in [0.1, 0.15) is 0 Å². The van der Waals surface area contributed by atoms with Gasteiger partial charge in [-0.1, -0.05) is 5.88 Å². The van der Waals surface area contributed by atoms with E-state index in [9.17, 15) is 0 Å². The van der Waals surface area contributed by atoms with Gasteiger partial charge < -0.3 is 10.1 Å². The van der Waals surface area contributed by atoms with E-state index in [0.29, 0.717) is 0 Å². The molecule has 2 nitrogen and oxygen atoms in total. The first-order valence-corrected chi connectivity index (χ1v) is 3.19. The minimum absolute atomic E-state index is 0.747.